The Labute approximate surface area is 190 Å². The summed E-state index contributed by atoms with van der Waals surface area (Å²) in [5, 5.41) is 0. The lowest BCUT2D eigenvalue weighted by molar-refractivity contribution is -0.143. The monoisotopic (exact) mass is 483 g/mol. The number of fused-ring (bicyclic) bond motifs is 1. The maximum absolute atomic E-state index is 13.4. The number of piperazine rings is 1. The Bertz CT molecular complexity index is 1150. The number of esters is 1. The Morgan fingerprint density at radius 3 is 2.58 bits per heavy atom. The quantitative estimate of drug-likeness (QED) is 0.622. The molecule has 1 saturated heterocycles. The molecule has 33 heavy (non-hydrogen) atoms. The minimum atomic E-state index is -4.53. The van der Waals surface area contributed by atoms with Crippen molar-refractivity contribution in [3.8, 4) is 0 Å². The number of nitrogens with zero attached hydrogens (tertiary/aromatic N) is 3. The summed E-state index contributed by atoms with van der Waals surface area (Å²) in [4.78, 5) is 18.0. The van der Waals surface area contributed by atoms with Gasteiger partial charge in [0.2, 0.25) is 10.0 Å². The highest BCUT2D eigenvalue weighted by Gasteiger charge is 2.40. The van der Waals surface area contributed by atoms with Gasteiger partial charge in [0.1, 0.15) is 11.9 Å². The molecule has 0 bridgehead atoms. The number of aryl methyl sites for hydroxylation is 1. The van der Waals surface area contributed by atoms with Gasteiger partial charge in [-0.1, -0.05) is 13.0 Å². The molecule has 1 aromatic heterocycles. The summed E-state index contributed by atoms with van der Waals surface area (Å²) in [6, 6.07) is 6.14. The van der Waals surface area contributed by atoms with Crippen molar-refractivity contribution >= 4 is 21.8 Å². The van der Waals surface area contributed by atoms with Gasteiger partial charge in [-0.2, -0.15) is 17.5 Å². The number of hydrogen-bond acceptors (Lipinski definition) is 6. The van der Waals surface area contributed by atoms with Crippen molar-refractivity contribution in [3.63, 3.8) is 0 Å². The van der Waals surface area contributed by atoms with Gasteiger partial charge in [0.05, 0.1) is 17.6 Å². The summed E-state index contributed by atoms with van der Waals surface area (Å²) in [5.41, 5.74) is 1.26. The van der Waals surface area contributed by atoms with Gasteiger partial charge in [0.15, 0.2) is 0 Å². The number of carbonyl (C=O) groups is 1. The normalized spacial score (nSPS) is 21.7. The first-order valence-corrected chi connectivity index (χ1v) is 12.0. The Balaban J connectivity index is 1.60. The van der Waals surface area contributed by atoms with E-state index in [1.54, 1.807) is 12.1 Å². The molecule has 2 aliphatic rings. The first kappa shape index (κ1) is 23.5. The van der Waals surface area contributed by atoms with Crippen molar-refractivity contribution in [3.05, 3.63) is 53.2 Å². The number of sulfonamides is 1. The lowest BCUT2D eigenvalue weighted by Gasteiger charge is -2.39. The van der Waals surface area contributed by atoms with Gasteiger partial charge >= 0.3 is 12.1 Å². The zero-order chi connectivity index (χ0) is 24.0. The standard InChI is InChI=1S/C22H24F3N3O4S/c1-14-3-4-15-5-7-17(11-18(14)15)33(30,31)27-9-10-28(19(13-27)21(29)32-2)20-8-6-16(12-26-20)22(23,24)25/h5-8,11-12,14,19H,3-4,9-10,13H2,1-2H3. The van der Waals surface area contributed by atoms with Crippen molar-refractivity contribution in [2.75, 3.05) is 31.6 Å². The number of hydrogen-bond donors (Lipinski definition) is 0. The van der Waals surface area contributed by atoms with Crippen LogP contribution in [0.1, 0.15) is 36.0 Å². The second-order valence-electron chi connectivity index (χ2n) is 8.30. The van der Waals surface area contributed by atoms with E-state index < -0.39 is 33.8 Å². The first-order valence-electron chi connectivity index (χ1n) is 10.5. The number of methoxy groups -OCH3 is 1. The number of rotatable bonds is 4. The fraction of sp³-hybridized carbons (Fsp3) is 0.455. The maximum Gasteiger partial charge on any atom is 0.417 e. The van der Waals surface area contributed by atoms with Crippen LogP contribution >= 0.6 is 0 Å². The van der Waals surface area contributed by atoms with Crippen molar-refractivity contribution in [2.24, 2.45) is 0 Å². The molecular formula is C22H24F3N3O4S. The summed E-state index contributed by atoms with van der Waals surface area (Å²) in [5.74, 6) is -0.276. The molecule has 0 spiro atoms. The van der Waals surface area contributed by atoms with Crippen LogP contribution < -0.4 is 4.90 Å². The smallest absolute Gasteiger partial charge is 0.417 e. The third-order valence-corrected chi connectivity index (χ3v) is 8.18. The highest BCUT2D eigenvalue weighted by Crippen LogP contribution is 2.35. The summed E-state index contributed by atoms with van der Waals surface area (Å²) in [7, 11) is -2.71. The van der Waals surface area contributed by atoms with Gasteiger partial charge in [0.25, 0.3) is 0 Å². The van der Waals surface area contributed by atoms with Crippen molar-refractivity contribution in [1.29, 1.82) is 0 Å². The van der Waals surface area contributed by atoms with Crippen LogP contribution in [0.3, 0.4) is 0 Å². The molecule has 7 nitrogen and oxygen atoms in total. The van der Waals surface area contributed by atoms with E-state index in [0.29, 0.717) is 6.20 Å². The Morgan fingerprint density at radius 2 is 1.94 bits per heavy atom. The summed E-state index contributed by atoms with van der Waals surface area (Å²) < 4.78 is 71.4. The molecule has 2 heterocycles. The molecule has 0 radical (unpaired) electrons. The fourth-order valence-electron chi connectivity index (χ4n) is 4.41. The minimum Gasteiger partial charge on any atom is -0.467 e. The number of carbonyl (C=O) groups excluding carboxylic acids is 1. The number of pyridine rings is 1. The molecule has 1 fully saturated rings. The number of halogens is 3. The maximum atomic E-state index is 13.4. The number of anilines is 1. The lowest BCUT2D eigenvalue weighted by Crippen LogP contribution is -2.58. The second kappa shape index (κ2) is 8.60. The average Bonchev–Trinajstić information content (AvgIpc) is 3.17. The van der Waals surface area contributed by atoms with E-state index in [4.69, 9.17) is 4.74 Å². The highest BCUT2D eigenvalue weighted by molar-refractivity contribution is 7.89. The molecule has 2 atom stereocenters. The van der Waals surface area contributed by atoms with Gasteiger partial charge in [0, 0.05) is 25.8 Å². The molecule has 178 valence electrons. The summed E-state index contributed by atoms with van der Waals surface area (Å²) in [6.45, 7) is 1.97. The molecule has 1 aromatic carbocycles. The highest BCUT2D eigenvalue weighted by atomic mass is 32.2. The average molecular weight is 484 g/mol. The van der Waals surface area contributed by atoms with Gasteiger partial charge in [-0.3, -0.25) is 0 Å². The predicted molar refractivity (Wildman–Crippen MR) is 114 cm³/mol. The van der Waals surface area contributed by atoms with E-state index in [0.717, 1.165) is 30.0 Å². The SMILES string of the molecule is COC(=O)C1CN(S(=O)(=O)c2ccc3c(c2)C(C)CC3)CCN1c1ccc(C(F)(F)F)cn1. The molecule has 2 aromatic rings. The van der Waals surface area contributed by atoms with Gasteiger partial charge in [-0.25, -0.2) is 18.2 Å². The Kier molecular flexibility index (Phi) is 6.12. The first-order chi connectivity index (χ1) is 15.5. The van der Waals surface area contributed by atoms with Crippen LogP contribution in [0.4, 0.5) is 19.0 Å². The van der Waals surface area contributed by atoms with Gasteiger partial charge in [-0.05, 0) is 54.2 Å². The van der Waals surface area contributed by atoms with Crippen LogP contribution in [-0.2, 0) is 32.2 Å². The van der Waals surface area contributed by atoms with Crippen LogP contribution in [0.2, 0.25) is 0 Å². The molecule has 0 saturated carbocycles. The van der Waals surface area contributed by atoms with Crippen LogP contribution in [0.15, 0.2) is 41.4 Å². The Morgan fingerprint density at radius 1 is 1.18 bits per heavy atom. The van der Waals surface area contributed by atoms with E-state index in [1.807, 2.05) is 6.07 Å². The van der Waals surface area contributed by atoms with Crippen molar-refractivity contribution in [2.45, 2.75) is 42.8 Å². The van der Waals surface area contributed by atoms with Crippen LogP contribution in [0.25, 0.3) is 0 Å². The van der Waals surface area contributed by atoms with E-state index in [2.05, 4.69) is 11.9 Å². The Hall–Kier alpha value is -2.66. The van der Waals surface area contributed by atoms with E-state index in [1.165, 1.54) is 22.4 Å². The van der Waals surface area contributed by atoms with E-state index >= 15 is 0 Å². The predicted octanol–water partition coefficient (Wildman–Crippen LogP) is 3.20. The molecule has 1 aliphatic carbocycles. The lowest BCUT2D eigenvalue weighted by atomic mass is 10.0. The number of ether oxygens (including phenoxy) is 1. The van der Waals surface area contributed by atoms with Crippen LogP contribution in [-0.4, -0.2) is 56.5 Å². The number of benzene rings is 1. The summed E-state index contributed by atoms with van der Waals surface area (Å²) >= 11 is 0. The molecule has 11 heteroatoms. The topological polar surface area (TPSA) is 79.8 Å². The molecular weight excluding hydrogens is 459 g/mol. The molecule has 0 amide bonds. The van der Waals surface area contributed by atoms with E-state index in [-0.39, 0.29) is 36.3 Å². The van der Waals surface area contributed by atoms with Crippen LogP contribution in [0, 0.1) is 0 Å². The van der Waals surface area contributed by atoms with Crippen molar-refractivity contribution in [1.82, 2.24) is 9.29 Å². The van der Waals surface area contributed by atoms with E-state index in [9.17, 15) is 26.4 Å². The minimum absolute atomic E-state index is 0.0468. The zero-order valence-corrected chi connectivity index (χ0v) is 19.0. The molecule has 4 rings (SSSR count). The van der Waals surface area contributed by atoms with Crippen molar-refractivity contribution < 1.29 is 31.1 Å². The second-order valence-corrected chi connectivity index (χ2v) is 10.2. The van der Waals surface area contributed by atoms with Gasteiger partial charge < -0.3 is 9.64 Å². The van der Waals surface area contributed by atoms with Crippen LogP contribution in [0.5, 0.6) is 0 Å². The summed E-state index contributed by atoms with van der Waals surface area (Å²) in [6.07, 6.45) is -1.95. The largest absolute Gasteiger partial charge is 0.467 e. The number of alkyl halides is 3. The molecule has 0 N–H and O–H groups in total. The third kappa shape index (κ3) is 4.43. The third-order valence-electron chi connectivity index (χ3n) is 6.32. The zero-order valence-electron chi connectivity index (χ0n) is 18.2. The molecule has 1 aliphatic heterocycles. The van der Waals surface area contributed by atoms with Gasteiger partial charge in [-0.15, -0.1) is 0 Å². The molecule has 2 unspecified atom stereocenters. The number of aromatic nitrogens is 1. The fourth-order valence-corrected chi connectivity index (χ4v) is 5.88.